The molecule has 5 aliphatic carbocycles. The number of carbonyl (C=O) groups is 4. The van der Waals surface area contributed by atoms with Crippen LogP contribution in [-0.2, 0) is 28.7 Å². The highest BCUT2D eigenvalue weighted by Crippen LogP contribution is 2.70. The van der Waals surface area contributed by atoms with Gasteiger partial charge in [-0.1, -0.05) is 19.9 Å². The Morgan fingerprint density at radius 2 is 1.70 bits per heavy atom. The van der Waals surface area contributed by atoms with Crippen molar-refractivity contribution in [3.05, 3.63) is 12.2 Å². The van der Waals surface area contributed by atoms with Gasteiger partial charge in [0.2, 0.25) is 0 Å². The average molecular weight is 417 g/mol. The van der Waals surface area contributed by atoms with Crippen LogP contribution in [0.1, 0.15) is 65.7 Å². The van der Waals surface area contributed by atoms with Gasteiger partial charge in [-0.3, -0.25) is 19.2 Å². The Balaban J connectivity index is 1.81. The highest BCUT2D eigenvalue weighted by molar-refractivity contribution is 6.16. The van der Waals surface area contributed by atoms with Gasteiger partial charge in [-0.05, 0) is 55.4 Å². The maximum Gasteiger partial charge on any atom is 0.302 e. The Labute approximate surface area is 177 Å². The van der Waals surface area contributed by atoms with E-state index < -0.39 is 16.2 Å². The van der Waals surface area contributed by atoms with Crippen molar-refractivity contribution in [3.63, 3.8) is 0 Å². The zero-order chi connectivity index (χ0) is 21.9. The van der Waals surface area contributed by atoms with E-state index in [1.54, 1.807) is 0 Å². The number of allylic oxidation sites excluding steroid dienone is 1. The molecule has 164 valence electrons. The van der Waals surface area contributed by atoms with Gasteiger partial charge in [-0.25, -0.2) is 0 Å². The molecule has 1 spiro atoms. The maximum absolute atomic E-state index is 13.6. The van der Waals surface area contributed by atoms with Gasteiger partial charge >= 0.3 is 11.9 Å². The molecular formula is C24H32O6. The summed E-state index contributed by atoms with van der Waals surface area (Å²) in [5.41, 5.74) is -1.26. The van der Waals surface area contributed by atoms with Gasteiger partial charge < -0.3 is 9.47 Å². The van der Waals surface area contributed by atoms with Crippen molar-refractivity contribution in [2.24, 2.45) is 34.0 Å². The number of carbonyl (C=O) groups excluding carboxylic acids is 4. The highest BCUT2D eigenvalue weighted by Gasteiger charge is 2.72. The molecule has 0 N–H and O–H groups in total. The Morgan fingerprint density at radius 1 is 1.03 bits per heavy atom. The summed E-state index contributed by atoms with van der Waals surface area (Å²) in [6.07, 6.45) is 4.95. The normalized spacial score (nSPS) is 42.4. The van der Waals surface area contributed by atoms with Gasteiger partial charge in [-0.15, -0.1) is 0 Å². The number of Topliss-reactive ketones (excluding diaryl/α,β-unsaturated/α-hetero) is 2. The summed E-state index contributed by atoms with van der Waals surface area (Å²) in [6.45, 7) is 9.36. The average Bonchev–Trinajstić information content (AvgIpc) is 2.70. The first-order valence-corrected chi connectivity index (χ1v) is 11.1. The highest BCUT2D eigenvalue weighted by atomic mass is 16.5. The van der Waals surface area contributed by atoms with Crippen molar-refractivity contribution in [1.82, 2.24) is 0 Å². The van der Waals surface area contributed by atoms with Gasteiger partial charge in [0.15, 0.2) is 5.78 Å². The fourth-order valence-electron chi connectivity index (χ4n) is 7.47. The van der Waals surface area contributed by atoms with Gasteiger partial charge in [-0.2, -0.15) is 0 Å². The van der Waals surface area contributed by atoms with Crippen molar-refractivity contribution in [2.75, 3.05) is 13.2 Å². The summed E-state index contributed by atoms with van der Waals surface area (Å²) in [5, 5.41) is 0. The molecule has 0 heterocycles. The Hall–Kier alpha value is -1.98. The molecule has 2 bridgehead atoms. The minimum atomic E-state index is -1.01. The molecular weight excluding hydrogens is 384 g/mol. The van der Waals surface area contributed by atoms with Gasteiger partial charge in [0, 0.05) is 31.1 Å². The van der Waals surface area contributed by atoms with Crippen LogP contribution in [0.15, 0.2) is 12.2 Å². The van der Waals surface area contributed by atoms with E-state index in [9.17, 15) is 19.2 Å². The molecule has 0 amide bonds. The molecule has 6 nitrogen and oxygen atoms in total. The van der Waals surface area contributed by atoms with Crippen LogP contribution in [0.4, 0.5) is 0 Å². The predicted octanol–water partition coefficient (Wildman–Crippen LogP) is 3.42. The van der Waals surface area contributed by atoms with Crippen LogP contribution < -0.4 is 0 Å². The summed E-state index contributed by atoms with van der Waals surface area (Å²) < 4.78 is 11.1. The number of rotatable bonds is 4. The van der Waals surface area contributed by atoms with Gasteiger partial charge in [0.05, 0.1) is 18.6 Å². The summed E-state index contributed by atoms with van der Waals surface area (Å²) in [4.78, 5) is 50.4. The van der Waals surface area contributed by atoms with Crippen LogP contribution in [0.5, 0.6) is 0 Å². The number of hydrogen-bond donors (Lipinski definition) is 0. The van der Waals surface area contributed by atoms with Crippen molar-refractivity contribution in [1.29, 1.82) is 0 Å². The largest absolute Gasteiger partial charge is 0.465 e. The van der Waals surface area contributed by atoms with Crippen LogP contribution in [0.25, 0.3) is 0 Å². The molecule has 30 heavy (non-hydrogen) atoms. The van der Waals surface area contributed by atoms with E-state index in [-0.39, 0.29) is 60.9 Å². The molecule has 6 heteroatoms. The molecule has 6 atom stereocenters. The lowest BCUT2D eigenvalue weighted by atomic mass is 9.36. The lowest BCUT2D eigenvalue weighted by Gasteiger charge is -2.66. The van der Waals surface area contributed by atoms with Crippen LogP contribution >= 0.6 is 0 Å². The standard InChI is InChI=1S/C24H32O6/c1-14-17-6-9-24(21(14)28)19(10-17)23(13-30-16(3)26)8-5-7-22(4,12-29-15(2)25)18(23)11-20(24)27/h17-19H,1,5-13H2,2-4H3/t17-,18?,19?,22+,23+,24?/m1/s1. The lowest BCUT2D eigenvalue weighted by Crippen LogP contribution is -2.69. The van der Waals surface area contributed by atoms with Crippen molar-refractivity contribution < 1.29 is 28.7 Å². The first-order valence-electron chi connectivity index (χ1n) is 11.1. The van der Waals surface area contributed by atoms with E-state index in [0.29, 0.717) is 12.0 Å². The fourth-order valence-corrected chi connectivity index (χ4v) is 7.47. The van der Waals surface area contributed by atoms with Gasteiger partial charge in [0.25, 0.3) is 0 Å². The van der Waals surface area contributed by atoms with E-state index in [1.807, 2.05) is 0 Å². The monoisotopic (exact) mass is 416 g/mol. The zero-order valence-electron chi connectivity index (χ0n) is 18.3. The lowest BCUT2D eigenvalue weighted by molar-refractivity contribution is -0.207. The number of fused-ring (bicyclic) bond motifs is 3. The topological polar surface area (TPSA) is 86.7 Å². The number of ketones is 2. The molecule has 0 aromatic rings. The third-order valence-electron chi connectivity index (χ3n) is 8.85. The second-order valence-electron chi connectivity index (χ2n) is 10.3. The molecule has 0 radical (unpaired) electrons. The quantitative estimate of drug-likeness (QED) is 0.396. The van der Waals surface area contributed by atoms with E-state index >= 15 is 0 Å². The molecule has 5 aliphatic rings. The molecule has 5 saturated carbocycles. The smallest absolute Gasteiger partial charge is 0.302 e. The van der Waals surface area contributed by atoms with Gasteiger partial charge in [0.1, 0.15) is 5.78 Å². The zero-order valence-corrected chi connectivity index (χ0v) is 18.3. The minimum absolute atomic E-state index is 0.0104. The summed E-state index contributed by atoms with van der Waals surface area (Å²) in [6, 6.07) is 0. The minimum Gasteiger partial charge on any atom is -0.465 e. The Bertz CT molecular complexity index is 830. The molecule has 0 aromatic heterocycles. The molecule has 0 aliphatic heterocycles. The van der Waals surface area contributed by atoms with Crippen molar-refractivity contribution in [2.45, 2.75) is 65.7 Å². The summed E-state index contributed by atoms with van der Waals surface area (Å²) in [7, 11) is 0. The first kappa shape index (κ1) is 21.3. The van der Waals surface area contributed by atoms with Crippen LogP contribution in [0.3, 0.4) is 0 Å². The summed E-state index contributed by atoms with van der Waals surface area (Å²) in [5.74, 6) is -0.895. The molecule has 5 rings (SSSR count). The van der Waals surface area contributed by atoms with E-state index in [2.05, 4.69) is 13.5 Å². The Morgan fingerprint density at radius 3 is 2.37 bits per heavy atom. The second-order valence-corrected chi connectivity index (χ2v) is 10.3. The second kappa shape index (κ2) is 7.03. The van der Waals surface area contributed by atoms with Crippen LogP contribution in [0.2, 0.25) is 0 Å². The van der Waals surface area contributed by atoms with Crippen LogP contribution in [-0.4, -0.2) is 36.7 Å². The van der Waals surface area contributed by atoms with E-state index in [4.69, 9.17) is 9.47 Å². The van der Waals surface area contributed by atoms with Crippen molar-refractivity contribution in [3.8, 4) is 0 Å². The number of ether oxygens (including phenoxy) is 2. The fraction of sp³-hybridized carbons (Fsp3) is 0.750. The third-order valence-corrected chi connectivity index (χ3v) is 8.85. The number of esters is 2. The first-order chi connectivity index (χ1) is 14.1. The molecule has 3 unspecified atom stereocenters. The van der Waals surface area contributed by atoms with Crippen molar-refractivity contribution >= 4 is 23.5 Å². The SMILES string of the molecule is C=C1C(=O)C23CC[C@@H]1CC2[C@]1(COC(C)=O)CCC[C@@](C)(COC(C)=O)C1CC3=O. The molecule has 5 fully saturated rings. The van der Waals surface area contributed by atoms with E-state index in [1.165, 1.54) is 13.8 Å². The maximum atomic E-state index is 13.6. The third kappa shape index (κ3) is 2.82. The Kier molecular flexibility index (Phi) is 4.98. The predicted molar refractivity (Wildman–Crippen MR) is 108 cm³/mol. The number of hydrogen-bond acceptors (Lipinski definition) is 6. The van der Waals surface area contributed by atoms with E-state index in [0.717, 1.165) is 32.1 Å². The molecule has 0 saturated heterocycles. The van der Waals surface area contributed by atoms with Crippen LogP contribution in [0, 0.1) is 34.0 Å². The summed E-state index contributed by atoms with van der Waals surface area (Å²) >= 11 is 0. The molecule has 0 aromatic carbocycles.